The van der Waals surface area contributed by atoms with Gasteiger partial charge in [-0.3, -0.25) is 0 Å². The lowest BCUT2D eigenvalue weighted by atomic mass is 9.92. The zero-order chi connectivity index (χ0) is 16.6. The molecule has 0 spiro atoms. The number of hydrogen-bond donors (Lipinski definition) is 0. The van der Waals surface area contributed by atoms with Crippen LogP contribution in [0.25, 0.3) is 10.8 Å². The van der Waals surface area contributed by atoms with E-state index in [0.717, 1.165) is 20.8 Å². The Kier molecular flexibility index (Phi) is 4.52. The molecule has 2 aromatic carbocycles. The number of benzene rings is 2. The van der Waals surface area contributed by atoms with Crippen LogP contribution < -0.4 is 14.2 Å². The summed E-state index contributed by atoms with van der Waals surface area (Å²) in [6.07, 6.45) is 0.453. The second kappa shape index (κ2) is 6.43. The number of halogens is 1. The van der Waals surface area contributed by atoms with Crippen LogP contribution in [-0.4, -0.2) is 37.8 Å². The highest BCUT2D eigenvalue weighted by molar-refractivity contribution is 14.1. The van der Waals surface area contributed by atoms with Gasteiger partial charge in [0, 0.05) is 21.8 Å². The third-order valence-corrected chi connectivity index (χ3v) is 4.99. The van der Waals surface area contributed by atoms with Crippen LogP contribution in [-0.2, 0) is 11.2 Å². The number of fused-ring (bicyclic) bond motifs is 2. The maximum Gasteiger partial charge on any atom is 0.342 e. The van der Waals surface area contributed by atoms with Gasteiger partial charge in [-0.15, -0.1) is 0 Å². The second-order valence-electron chi connectivity index (χ2n) is 5.19. The van der Waals surface area contributed by atoms with Crippen LogP contribution in [0, 0.1) is 0 Å². The Morgan fingerprint density at radius 2 is 1.91 bits per heavy atom. The first-order valence-corrected chi connectivity index (χ1v) is 8.69. The van der Waals surface area contributed by atoms with Crippen molar-refractivity contribution in [1.82, 2.24) is 0 Å². The molecule has 1 heterocycles. The van der Waals surface area contributed by atoms with Crippen LogP contribution in [0.15, 0.2) is 18.2 Å². The van der Waals surface area contributed by atoms with E-state index in [1.807, 2.05) is 18.2 Å². The first-order valence-electron chi connectivity index (χ1n) is 7.16. The predicted octanol–water partition coefficient (Wildman–Crippen LogP) is 3.38. The Balaban J connectivity index is 2.44. The highest BCUT2D eigenvalue weighted by Gasteiger charge is 2.34. The third kappa shape index (κ3) is 2.49. The molecule has 1 aliphatic rings. The number of cyclic esters (lactones) is 1. The van der Waals surface area contributed by atoms with Gasteiger partial charge in [0.1, 0.15) is 28.9 Å². The summed E-state index contributed by atoms with van der Waals surface area (Å²) in [5, 5.41) is 1.59. The van der Waals surface area contributed by atoms with Gasteiger partial charge in [-0.1, -0.05) is 34.7 Å². The summed E-state index contributed by atoms with van der Waals surface area (Å²) in [7, 11) is 4.75. The van der Waals surface area contributed by atoms with Gasteiger partial charge in [0.05, 0.1) is 26.7 Å². The van der Waals surface area contributed by atoms with Crippen molar-refractivity contribution in [2.45, 2.75) is 12.5 Å². The van der Waals surface area contributed by atoms with Crippen molar-refractivity contribution in [3.8, 4) is 17.2 Å². The van der Waals surface area contributed by atoms with E-state index in [1.54, 1.807) is 21.3 Å². The first kappa shape index (κ1) is 16.2. The van der Waals surface area contributed by atoms with Gasteiger partial charge in [0.25, 0.3) is 0 Å². The number of ether oxygens (including phenoxy) is 4. The summed E-state index contributed by atoms with van der Waals surface area (Å²) in [4.78, 5) is 12.5. The van der Waals surface area contributed by atoms with Crippen molar-refractivity contribution in [3.63, 3.8) is 0 Å². The summed E-state index contributed by atoms with van der Waals surface area (Å²) in [5.74, 6) is 1.41. The highest BCUT2D eigenvalue weighted by atomic mass is 127. The maximum atomic E-state index is 12.5. The van der Waals surface area contributed by atoms with Gasteiger partial charge in [-0.2, -0.15) is 0 Å². The van der Waals surface area contributed by atoms with Crippen molar-refractivity contribution < 1.29 is 23.7 Å². The molecule has 122 valence electrons. The molecule has 1 aliphatic heterocycles. The van der Waals surface area contributed by atoms with E-state index in [2.05, 4.69) is 22.6 Å². The van der Waals surface area contributed by atoms with Crippen molar-refractivity contribution in [3.05, 3.63) is 29.3 Å². The molecule has 6 heteroatoms. The standard InChI is InChI=1S/C17H17IO5/c1-20-12-6-4-5-10-13(12)16(22-3)14-11(15(10)21-2)7-9(8-18)23-17(14)19/h4-6,9H,7-8H2,1-3H3. The third-order valence-electron chi connectivity index (χ3n) is 4.01. The van der Waals surface area contributed by atoms with E-state index in [4.69, 9.17) is 18.9 Å². The molecule has 0 saturated heterocycles. The SMILES string of the molecule is COc1c2c(c(OC)c3c(OC)cccc13)C(=O)OC(CI)C2. The lowest BCUT2D eigenvalue weighted by molar-refractivity contribution is 0.0310. The van der Waals surface area contributed by atoms with Gasteiger partial charge >= 0.3 is 5.97 Å². The van der Waals surface area contributed by atoms with Crippen LogP contribution in [0.3, 0.4) is 0 Å². The molecule has 1 atom stereocenters. The fourth-order valence-electron chi connectivity index (χ4n) is 3.08. The molecule has 0 aromatic heterocycles. The number of carbonyl (C=O) groups excluding carboxylic acids is 1. The van der Waals surface area contributed by atoms with E-state index < -0.39 is 0 Å². The first-order chi connectivity index (χ1) is 11.2. The number of hydrogen-bond acceptors (Lipinski definition) is 5. The van der Waals surface area contributed by atoms with E-state index in [-0.39, 0.29) is 12.1 Å². The zero-order valence-electron chi connectivity index (χ0n) is 13.1. The van der Waals surface area contributed by atoms with Gasteiger partial charge < -0.3 is 18.9 Å². The molecule has 1 unspecified atom stereocenters. The number of methoxy groups -OCH3 is 3. The Bertz CT molecular complexity index is 771. The monoisotopic (exact) mass is 428 g/mol. The molecule has 0 radical (unpaired) electrons. The van der Waals surface area contributed by atoms with Crippen LogP contribution in [0.1, 0.15) is 15.9 Å². The number of alkyl halides is 1. The summed E-state index contributed by atoms with van der Waals surface area (Å²) < 4.78 is 22.9. The van der Waals surface area contributed by atoms with Gasteiger partial charge in [0.2, 0.25) is 0 Å². The topological polar surface area (TPSA) is 54.0 Å². The lowest BCUT2D eigenvalue weighted by Crippen LogP contribution is -2.29. The van der Waals surface area contributed by atoms with Crippen LogP contribution in [0.5, 0.6) is 17.2 Å². The van der Waals surface area contributed by atoms with Crippen molar-refractivity contribution >= 4 is 39.3 Å². The molecule has 2 aromatic rings. The molecular weight excluding hydrogens is 411 g/mol. The van der Waals surface area contributed by atoms with E-state index in [9.17, 15) is 4.79 Å². The summed E-state index contributed by atoms with van der Waals surface area (Å²) in [5.41, 5.74) is 1.27. The molecule has 0 amide bonds. The molecule has 0 N–H and O–H groups in total. The molecule has 5 nitrogen and oxygen atoms in total. The number of rotatable bonds is 4. The second-order valence-corrected chi connectivity index (χ2v) is 6.07. The van der Waals surface area contributed by atoms with Crippen LogP contribution >= 0.6 is 22.6 Å². The highest BCUT2D eigenvalue weighted by Crippen LogP contribution is 2.46. The zero-order valence-corrected chi connectivity index (χ0v) is 15.3. The van der Waals surface area contributed by atoms with E-state index in [1.165, 1.54) is 0 Å². The summed E-state index contributed by atoms with van der Waals surface area (Å²) >= 11 is 2.22. The Labute approximate surface area is 148 Å². The quantitative estimate of drug-likeness (QED) is 0.425. The lowest BCUT2D eigenvalue weighted by Gasteiger charge is -2.28. The number of esters is 1. The molecular formula is C17H17IO5. The predicted molar refractivity (Wildman–Crippen MR) is 95.4 cm³/mol. The summed E-state index contributed by atoms with van der Waals surface area (Å²) in [6, 6.07) is 5.67. The van der Waals surface area contributed by atoms with Gasteiger partial charge in [-0.25, -0.2) is 4.79 Å². The summed E-state index contributed by atoms with van der Waals surface area (Å²) in [6.45, 7) is 0. The number of carbonyl (C=O) groups is 1. The minimum absolute atomic E-state index is 0.155. The molecule has 23 heavy (non-hydrogen) atoms. The fourth-order valence-corrected chi connectivity index (χ4v) is 3.57. The Hall–Kier alpha value is -1.70. The minimum Gasteiger partial charge on any atom is -0.496 e. The van der Waals surface area contributed by atoms with E-state index in [0.29, 0.717) is 29.2 Å². The normalized spacial score (nSPS) is 16.7. The average Bonchev–Trinajstić information content (AvgIpc) is 2.58. The molecule has 0 bridgehead atoms. The van der Waals surface area contributed by atoms with Gasteiger partial charge in [0.15, 0.2) is 0 Å². The largest absolute Gasteiger partial charge is 0.496 e. The van der Waals surface area contributed by atoms with Crippen molar-refractivity contribution in [2.75, 3.05) is 25.8 Å². The van der Waals surface area contributed by atoms with Crippen molar-refractivity contribution in [1.29, 1.82) is 0 Å². The molecule has 0 saturated carbocycles. The van der Waals surface area contributed by atoms with Gasteiger partial charge in [-0.05, 0) is 6.07 Å². The minimum atomic E-state index is -0.379. The molecule has 0 fully saturated rings. The average molecular weight is 428 g/mol. The van der Waals surface area contributed by atoms with Crippen LogP contribution in [0.2, 0.25) is 0 Å². The molecule has 3 rings (SSSR count). The Morgan fingerprint density at radius 1 is 1.17 bits per heavy atom. The Morgan fingerprint density at radius 3 is 2.52 bits per heavy atom. The smallest absolute Gasteiger partial charge is 0.342 e. The maximum absolute atomic E-state index is 12.5. The van der Waals surface area contributed by atoms with Crippen LogP contribution in [0.4, 0.5) is 0 Å². The van der Waals surface area contributed by atoms with Crippen molar-refractivity contribution in [2.24, 2.45) is 0 Å². The molecule has 0 aliphatic carbocycles. The fraction of sp³-hybridized carbons (Fsp3) is 0.353. The van der Waals surface area contributed by atoms with E-state index >= 15 is 0 Å².